The van der Waals surface area contributed by atoms with Gasteiger partial charge in [0, 0.05) is 21.9 Å². The van der Waals surface area contributed by atoms with Crippen LogP contribution in [-0.4, -0.2) is 0 Å². The van der Waals surface area contributed by atoms with E-state index in [9.17, 15) is 0 Å². The van der Waals surface area contributed by atoms with E-state index in [-0.39, 0.29) is 0 Å². The van der Waals surface area contributed by atoms with E-state index in [0.29, 0.717) is 0 Å². The lowest BCUT2D eigenvalue weighted by Gasteiger charge is -2.20. The SMILES string of the molecule is C[n+]1c2ccccc2c2c3c(cccc31)-c1ccccc1S2. The standard InChI is InChI=1S/C20H14NS/c1-21-16-10-4-2-8-15(16)20-19-14(9-6-11-17(19)21)13-7-3-5-12-18(13)22-20/h2-12H,1H3/q+1. The fraction of sp³-hybridized carbons (Fsp3) is 0.0500. The lowest BCUT2D eigenvalue weighted by atomic mass is 9.98. The monoisotopic (exact) mass is 300 g/mol. The van der Waals surface area contributed by atoms with Crippen LogP contribution in [0.5, 0.6) is 0 Å². The Balaban J connectivity index is 2.08. The Morgan fingerprint density at radius 2 is 1.45 bits per heavy atom. The molecule has 1 aliphatic heterocycles. The van der Waals surface area contributed by atoms with E-state index in [0.717, 1.165) is 0 Å². The first kappa shape index (κ1) is 12.2. The van der Waals surface area contributed by atoms with Crippen LogP contribution >= 0.6 is 11.8 Å². The molecule has 4 aromatic rings. The van der Waals surface area contributed by atoms with E-state index in [4.69, 9.17) is 0 Å². The molecule has 22 heavy (non-hydrogen) atoms. The summed E-state index contributed by atoms with van der Waals surface area (Å²) in [6.45, 7) is 0. The highest BCUT2D eigenvalue weighted by atomic mass is 32.2. The van der Waals surface area contributed by atoms with Gasteiger partial charge in [0.25, 0.3) is 0 Å². The Morgan fingerprint density at radius 1 is 0.727 bits per heavy atom. The molecule has 0 amide bonds. The topological polar surface area (TPSA) is 3.88 Å². The molecule has 0 saturated carbocycles. The highest BCUT2D eigenvalue weighted by molar-refractivity contribution is 8.00. The predicted molar refractivity (Wildman–Crippen MR) is 92.2 cm³/mol. The maximum absolute atomic E-state index is 2.31. The molecule has 0 aliphatic carbocycles. The number of hydrogen-bond donors (Lipinski definition) is 0. The molecule has 3 aromatic carbocycles. The molecule has 1 aromatic heterocycles. The fourth-order valence-corrected chi connectivity index (χ4v) is 4.75. The summed E-state index contributed by atoms with van der Waals surface area (Å²) in [5.74, 6) is 0. The molecule has 0 radical (unpaired) electrons. The smallest absolute Gasteiger partial charge is 0.194 e. The molecule has 0 unspecified atom stereocenters. The molecule has 0 bridgehead atoms. The first-order chi connectivity index (χ1) is 10.8. The van der Waals surface area contributed by atoms with Gasteiger partial charge in [0.15, 0.2) is 0 Å². The Kier molecular flexibility index (Phi) is 2.42. The minimum atomic E-state index is 1.29. The number of nitrogens with zero attached hydrogens (tertiary/aromatic N) is 1. The molecule has 104 valence electrons. The van der Waals surface area contributed by atoms with E-state index < -0.39 is 0 Å². The van der Waals surface area contributed by atoms with Gasteiger partial charge in [0.1, 0.15) is 7.05 Å². The number of fused-ring (bicyclic) bond motifs is 4. The molecular formula is C20H14NS+. The number of hydrogen-bond acceptors (Lipinski definition) is 1. The molecule has 1 nitrogen and oxygen atoms in total. The Morgan fingerprint density at radius 3 is 2.41 bits per heavy atom. The molecular weight excluding hydrogens is 286 g/mol. The highest BCUT2D eigenvalue weighted by Crippen LogP contribution is 2.49. The van der Waals surface area contributed by atoms with E-state index in [1.54, 1.807) is 0 Å². The second-order valence-electron chi connectivity index (χ2n) is 5.70. The lowest BCUT2D eigenvalue weighted by molar-refractivity contribution is -0.617. The summed E-state index contributed by atoms with van der Waals surface area (Å²) in [5, 5.41) is 2.72. The Labute approximate surface area is 133 Å². The van der Waals surface area contributed by atoms with Gasteiger partial charge in [0.2, 0.25) is 11.0 Å². The van der Waals surface area contributed by atoms with Crippen LogP contribution < -0.4 is 4.57 Å². The van der Waals surface area contributed by atoms with Crippen LogP contribution in [0.15, 0.2) is 76.5 Å². The maximum Gasteiger partial charge on any atom is 0.214 e. The number of aromatic nitrogens is 1. The number of rotatable bonds is 0. The normalized spacial score (nSPS) is 12.6. The minimum Gasteiger partial charge on any atom is -0.194 e. The molecule has 1 aliphatic rings. The van der Waals surface area contributed by atoms with Crippen LogP contribution in [-0.2, 0) is 7.05 Å². The third kappa shape index (κ3) is 1.48. The second-order valence-corrected chi connectivity index (χ2v) is 6.76. The quantitative estimate of drug-likeness (QED) is 0.289. The van der Waals surface area contributed by atoms with Crippen LogP contribution in [0.3, 0.4) is 0 Å². The van der Waals surface area contributed by atoms with Crippen molar-refractivity contribution in [3.05, 3.63) is 66.7 Å². The summed E-state index contributed by atoms with van der Waals surface area (Å²) >= 11 is 1.90. The van der Waals surface area contributed by atoms with Gasteiger partial charge in [-0.05, 0) is 23.3 Å². The van der Waals surface area contributed by atoms with E-state index in [2.05, 4.69) is 78.3 Å². The van der Waals surface area contributed by atoms with Crippen molar-refractivity contribution < 1.29 is 4.57 Å². The summed E-state index contributed by atoms with van der Waals surface area (Å²) in [6, 6.07) is 24.1. The van der Waals surface area contributed by atoms with Gasteiger partial charge in [-0.3, -0.25) is 0 Å². The molecule has 0 spiro atoms. The van der Waals surface area contributed by atoms with Crippen molar-refractivity contribution in [1.29, 1.82) is 0 Å². The zero-order valence-corrected chi connectivity index (χ0v) is 13.0. The summed E-state index contributed by atoms with van der Waals surface area (Å²) in [5.41, 5.74) is 5.28. The van der Waals surface area contributed by atoms with Crippen LogP contribution in [0, 0.1) is 0 Å². The molecule has 0 fully saturated rings. The van der Waals surface area contributed by atoms with Gasteiger partial charge in [0.05, 0.1) is 10.8 Å². The van der Waals surface area contributed by atoms with Crippen molar-refractivity contribution in [3.63, 3.8) is 0 Å². The zero-order chi connectivity index (χ0) is 14.7. The van der Waals surface area contributed by atoms with Gasteiger partial charge in [-0.25, -0.2) is 0 Å². The number of benzene rings is 3. The van der Waals surface area contributed by atoms with Crippen molar-refractivity contribution in [1.82, 2.24) is 0 Å². The number of pyridine rings is 1. The van der Waals surface area contributed by atoms with Crippen LogP contribution in [0.2, 0.25) is 0 Å². The summed E-state index contributed by atoms with van der Waals surface area (Å²) in [4.78, 5) is 2.74. The summed E-state index contributed by atoms with van der Waals surface area (Å²) in [6.07, 6.45) is 0. The predicted octanol–water partition coefficient (Wildman–Crippen LogP) is 4.95. The van der Waals surface area contributed by atoms with Crippen molar-refractivity contribution in [2.24, 2.45) is 7.05 Å². The average Bonchev–Trinajstić information content (AvgIpc) is 2.59. The third-order valence-electron chi connectivity index (χ3n) is 4.53. The zero-order valence-electron chi connectivity index (χ0n) is 12.2. The molecule has 5 rings (SSSR count). The third-order valence-corrected chi connectivity index (χ3v) is 5.73. The highest BCUT2D eigenvalue weighted by Gasteiger charge is 2.25. The lowest BCUT2D eigenvalue weighted by Crippen LogP contribution is -2.30. The van der Waals surface area contributed by atoms with Crippen LogP contribution in [0.25, 0.3) is 32.9 Å². The first-order valence-electron chi connectivity index (χ1n) is 7.45. The number of aryl methyl sites for hydroxylation is 1. The van der Waals surface area contributed by atoms with Crippen LogP contribution in [0.4, 0.5) is 0 Å². The van der Waals surface area contributed by atoms with Crippen LogP contribution in [0.1, 0.15) is 0 Å². The van der Waals surface area contributed by atoms with Crippen molar-refractivity contribution in [2.45, 2.75) is 9.79 Å². The molecule has 2 heterocycles. The van der Waals surface area contributed by atoms with Gasteiger partial charge in [-0.1, -0.05) is 54.2 Å². The van der Waals surface area contributed by atoms with Crippen molar-refractivity contribution >= 4 is 33.6 Å². The molecule has 0 atom stereocenters. The van der Waals surface area contributed by atoms with E-state index in [1.165, 1.54) is 42.7 Å². The fourth-order valence-electron chi connectivity index (χ4n) is 3.50. The molecule has 0 saturated heterocycles. The Hall–Kier alpha value is -2.32. The Bertz CT molecular complexity index is 1070. The van der Waals surface area contributed by atoms with Crippen molar-refractivity contribution in [2.75, 3.05) is 0 Å². The first-order valence-corrected chi connectivity index (χ1v) is 8.27. The van der Waals surface area contributed by atoms with E-state index >= 15 is 0 Å². The number of para-hydroxylation sites is 1. The minimum absolute atomic E-state index is 1.29. The van der Waals surface area contributed by atoms with Crippen molar-refractivity contribution in [3.8, 4) is 11.1 Å². The summed E-state index contributed by atoms with van der Waals surface area (Å²) < 4.78 is 2.31. The van der Waals surface area contributed by atoms with Gasteiger partial charge < -0.3 is 0 Å². The van der Waals surface area contributed by atoms with E-state index in [1.807, 2.05) is 11.8 Å². The molecule has 0 N–H and O–H groups in total. The molecule has 2 heteroatoms. The maximum atomic E-state index is 2.31. The summed E-state index contributed by atoms with van der Waals surface area (Å²) in [7, 11) is 2.16. The second kappa shape index (κ2) is 4.34. The van der Waals surface area contributed by atoms with Gasteiger partial charge in [-0.2, -0.15) is 4.57 Å². The van der Waals surface area contributed by atoms with Gasteiger partial charge >= 0.3 is 0 Å². The largest absolute Gasteiger partial charge is 0.214 e. The van der Waals surface area contributed by atoms with Gasteiger partial charge in [-0.15, -0.1) is 0 Å². The average molecular weight is 300 g/mol.